The average molecular weight is 481 g/mol. The first-order valence-electron chi connectivity index (χ1n) is 11.2. The molecule has 8 heteroatoms. The highest BCUT2D eigenvalue weighted by atomic mass is 35.5. The molecule has 2 unspecified atom stereocenters. The molecule has 2 aliphatic rings. The van der Waals surface area contributed by atoms with Gasteiger partial charge in [-0.15, -0.1) is 0 Å². The third-order valence-electron chi connectivity index (χ3n) is 7.37. The van der Waals surface area contributed by atoms with Crippen molar-refractivity contribution >= 4 is 17.5 Å². The SMILES string of the molecule is COC(C(=O)N1CCC2(CCNCC2c2ccccc2)CC1)(c1cccc(Cl)c1)C(F)(F)F. The molecule has 0 aliphatic carbocycles. The predicted molar refractivity (Wildman–Crippen MR) is 121 cm³/mol. The summed E-state index contributed by atoms with van der Waals surface area (Å²) in [7, 11) is 0.927. The molecule has 178 valence electrons. The van der Waals surface area contributed by atoms with Gasteiger partial charge in [-0.25, -0.2) is 0 Å². The number of alkyl halides is 3. The molecule has 0 aromatic heterocycles. The Morgan fingerprint density at radius 3 is 2.39 bits per heavy atom. The van der Waals surface area contributed by atoms with E-state index in [0.29, 0.717) is 12.8 Å². The van der Waals surface area contributed by atoms with Gasteiger partial charge in [0.15, 0.2) is 0 Å². The number of nitrogens with one attached hydrogen (secondary N) is 1. The van der Waals surface area contributed by atoms with E-state index in [1.54, 1.807) is 0 Å². The van der Waals surface area contributed by atoms with Crippen molar-refractivity contribution in [3.8, 4) is 0 Å². The number of amides is 1. The molecular formula is C25H28ClF3N2O2. The summed E-state index contributed by atoms with van der Waals surface area (Å²) in [6, 6.07) is 15.5. The summed E-state index contributed by atoms with van der Waals surface area (Å²) in [6.07, 6.45) is -2.72. The molecule has 2 aromatic carbocycles. The summed E-state index contributed by atoms with van der Waals surface area (Å²) in [5, 5.41) is 3.57. The highest BCUT2D eigenvalue weighted by molar-refractivity contribution is 6.30. The van der Waals surface area contributed by atoms with Gasteiger partial charge in [0.25, 0.3) is 11.5 Å². The number of ether oxygens (including phenoxy) is 1. The minimum absolute atomic E-state index is 0.0482. The molecule has 2 heterocycles. The zero-order valence-corrected chi connectivity index (χ0v) is 19.3. The highest BCUT2D eigenvalue weighted by Crippen LogP contribution is 2.50. The van der Waals surface area contributed by atoms with Crippen molar-refractivity contribution in [1.82, 2.24) is 10.2 Å². The number of carbonyl (C=O) groups excluding carboxylic acids is 1. The van der Waals surface area contributed by atoms with Crippen LogP contribution >= 0.6 is 11.6 Å². The lowest BCUT2D eigenvalue weighted by Gasteiger charge is -2.50. The molecule has 33 heavy (non-hydrogen) atoms. The summed E-state index contributed by atoms with van der Waals surface area (Å²) in [6.45, 7) is 2.20. The van der Waals surface area contributed by atoms with Gasteiger partial charge in [0.05, 0.1) is 0 Å². The minimum atomic E-state index is -4.94. The van der Waals surface area contributed by atoms with Crippen molar-refractivity contribution in [2.24, 2.45) is 5.41 Å². The Morgan fingerprint density at radius 1 is 1.09 bits per heavy atom. The normalized spacial score (nSPS) is 22.7. The molecule has 2 atom stereocenters. The molecular weight excluding hydrogens is 453 g/mol. The van der Waals surface area contributed by atoms with Crippen molar-refractivity contribution in [2.45, 2.75) is 37.0 Å². The molecule has 1 N–H and O–H groups in total. The van der Waals surface area contributed by atoms with E-state index in [2.05, 4.69) is 17.4 Å². The van der Waals surface area contributed by atoms with E-state index in [4.69, 9.17) is 16.3 Å². The van der Waals surface area contributed by atoms with Crippen LogP contribution in [0.2, 0.25) is 5.02 Å². The summed E-state index contributed by atoms with van der Waals surface area (Å²) < 4.78 is 48.2. The number of benzene rings is 2. The molecule has 4 rings (SSSR count). The lowest BCUT2D eigenvalue weighted by atomic mass is 9.62. The molecule has 2 aromatic rings. The summed E-state index contributed by atoms with van der Waals surface area (Å²) in [5.41, 5.74) is -2.22. The van der Waals surface area contributed by atoms with Gasteiger partial charge in [-0.05, 0) is 48.9 Å². The number of hydrogen-bond acceptors (Lipinski definition) is 3. The Bertz CT molecular complexity index is 977. The number of rotatable bonds is 4. The number of nitrogens with zero attached hydrogens (tertiary/aromatic N) is 1. The van der Waals surface area contributed by atoms with Crippen LogP contribution in [0.5, 0.6) is 0 Å². The van der Waals surface area contributed by atoms with Gasteiger partial charge in [-0.2, -0.15) is 13.2 Å². The van der Waals surface area contributed by atoms with Gasteiger partial charge in [-0.1, -0.05) is 54.1 Å². The monoisotopic (exact) mass is 480 g/mol. The summed E-state index contributed by atoms with van der Waals surface area (Å²) in [4.78, 5) is 14.8. The quantitative estimate of drug-likeness (QED) is 0.659. The fourth-order valence-corrected chi connectivity index (χ4v) is 5.73. The zero-order chi connectivity index (χ0) is 23.7. The first kappa shape index (κ1) is 24.0. The van der Waals surface area contributed by atoms with E-state index in [1.165, 1.54) is 28.7 Å². The Morgan fingerprint density at radius 2 is 1.79 bits per heavy atom. The maximum Gasteiger partial charge on any atom is 0.430 e. The third-order valence-corrected chi connectivity index (χ3v) is 7.61. The van der Waals surface area contributed by atoms with Crippen LogP contribution in [0.1, 0.15) is 36.3 Å². The van der Waals surface area contributed by atoms with E-state index in [1.807, 2.05) is 18.2 Å². The fourth-order valence-electron chi connectivity index (χ4n) is 5.54. The number of hydrogen-bond donors (Lipinski definition) is 1. The van der Waals surface area contributed by atoms with E-state index < -0.39 is 17.7 Å². The van der Waals surface area contributed by atoms with Crippen molar-refractivity contribution < 1.29 is 22.7 Å². The molecule has 0 radical (unpaired) electrons. The van der Waals surface area contributed by atoms with Gasteiger partial charge in [0, 0.05) is 43.2 Å². The third kappa shape index (κ3) is 4.27. The molecule has 0 saturated carbocycles. The van der Waals surface area contributed by atoms with Crippen LogP contribution < -0.4 is 5.32 Å². The molecule has 1 spiro atoms. The Kier molecular flexibility index (Phi) is 6.76. The number of piperidine rings is 2. The van der Waals surface area contributed by atoms with Crippen LogP contribution in [-0.2, 0) is 15.1 Å². The molecule has 4 nitrogen and oxygen atoms in total. The van der Waals surface area contributed by atoms with Crippen LogP contribution in [0.25, 0.3) is 0 Å². The number of methoxy groups -OCH3 is 1. The van der Waals surface area contributed by atoms with E-state index in [0.717, 1.165) is 32.7 Å². The molecule has 1 amide bonds. The van der Waals surface area contributed by atoms with E-state index in [-0.39, 0.29) is 35.0 Å². The maximum atomic E-state index is 14.4. The van der Waals surface area contributed by atoms with Crippen molar-refractivity contribution in [3.63, 3.8) is 0 Å². The van der Waals surface area contributed by atoms with Crippen LogP contribution in [0, 0.1) is 5.41 Å². The second-order valence-corrected chi connectivity index (χ2v) is 9.40. The van der Waals surface area contributed by atoms with Gasteiger partial charge >= 0.3 is 6.18 Å². The van der Waals surface area contributed by atoms with Crippen LogP contribution in [0.15, 0.2) is 54.6 Å². The van der Waals surface area contributed by atoms with Crippen LogP contribution in [0.3, 0.4) is 0 Å². The second-order valence-electron chi connectivity index (χ2n) is 8.97. The lowest BCUT2D eigenvalue weighted by Crippen LogP contribution is -2.59. The molecule has 2 aliphatic heterocycles. The van der Waals surface area contributed by atoms with Gasteiger partial charge in [0.1, 0.15) is 0 Å². The highest BCUT2D eigenvalue weighted by Gasteiger charge is 2.64. The average Bonchev–Trinajstić information content (AvgIpc) is 2.80. The summed E-state index contributed by atoms with van der Waals surface area (Å²) in [5.74, 6) is -0.827. The first-order chi connectivity index (χ1) is 15.7. The van der Waals surface area contributed by atoms with Gasteiger partial charge in [0.2, 0.25) is 0 Å². The van der Waals surface area contributed by atoms with E-state index >= 15 is 0 Å². The standard InChI is InChI=1S/C25H28ClF3N2O2/c1-33-24(25(27,28)29,19-8-5-9-20(26)16-19)22(32)31-14-11-23(12-15-31)10-13-30-17-21(23)18-6-3-2-4-7-18/h2-9,16,21,30H,10-15,17H2,1H3. The summed E-state index contributed by atoms with van der Waals surface area (Å²) >= 11 is 5.97. The van der Waals surface area contributed by atoms with Crippen LogP contribution in [0.4, 0.5) is 13.2 Å². The molecule has 2 fully saturated rings. The number of carbonyl (C=O) groups is 1. The Hall–Kier alpha value is -2.09. The fraction of sp³-hybridized carbons (Fsp3) is 0.480. The number of halogens is 4. The van der Waals surface area contributed by atoms with Crippen molar-refractivity contribution in [3.05, 3.63) is 70.7 Å². The van der Waals surface area contributed by atoms with E-state index in [9.17, 15) is 18.0 Å². The topological polar surface area (TPSA) is 41.6 Å². The molecule has 2 saturated heterocycles. The Labute approximate surface area is 197 Å². The van der Waals surface area contributed by atoms with Gasteiger partial charge in [-0.3, -0.25) is 4.79 Å². The Balaban J connectivity index is 1.61. The number of likely N-dealkylation sites (tertiary alicyclic amines) is 1. The second kappa shape index (κ2) is 9.28. The van der Waals surface area contributed by atoms with Crippen molar-refractivity contribution in [1.29, 1.82) is 0 Å². The van der Waals surface area contributed by atoms with Gasteiger partial charge < -0.3 is 15.0 Å². The van der Waals surface area contributed by atoms with Crippen LogP contribution in [-0.4, -0.2) is 50.3 Å². The minimum Gasteiger partial charge on any atom is -0.356 e. The molecule has 0 bridgehead atoms. The predicted octanol–water partition coefficient (Wildman–Crippen LogP) is 5.13. The maximum absolute atomic E-state index is 14.4. The zero-order valence-electron chi connectivity index (χ0n) is 18.5. The van der Waals surface area contributed by atoms with Crippen molar-refractivity contribution in [2.75, 3.05) is 33.3 Å². The smallest absolute Gasteiger partial charge is 0.356 e. The lowest BCUT2D eigenvalue weighted by molar-refractivity contribution is -0.271. The first-order valence-corrected chi connectivity index (χ1v) is 11.5. The largest absolute Gasteiger partial charge is 0.430 e.